The number of nitro groups is 1. The van der Waals surface area contributed by atoms with Crippen LogP contribution >= 0.6 is 0 Å². The summed E-state index contributed by atoms with van der Waals surface area (Å²) < 4.78 is 0. The van der Waals surface area contributed by atoms with Crippen LogP contribution in [0, 0.1) is 10.1 Å². The van der Waals surface area contributed by atoms with E-state index in [4.69, 9.17) is 10.2 Å². The number of nitro benzene ring substituents is 1. The van der Waals surface area contributed by atoms with Crippen LogP contribution < -0.4 is 0 Å². The van der Waals surface area contributed by atoms with Crippen LogP contribution in [0.2, 0.25) is 0 Å². The van der Waals surface area contributed by atoms with Crippen LogP contribution in [0.1, 0.15) is 15.9 Å². The number of nitrogens with zero attached hydrogens (tertiary/aromatic N) is 1. The summed E-state index contributed by atoms with van der Waals surface area (Å²) in [6.07, 6.45) is 0. The molecule has 0 bridgehead atoms. The van der Waals surface area contributed by atoms with E-state index in [1.54, 1.807) is 0 Å². The van der Waals surface area contributed by atoms with E-state index in [0.717, 1.165) is 18.2 Å². The average molecular weight is 197 g/mol. The molecule has 0 aliphatic rings. The normalized spacial score (nSPS) is 9.79. The molecule has 74 valence electrons. The first kappa shape index (κ1) is 10.1. The molecule has 1 rings (SSSR count). The van der Waals surface area contributed by atoms with E-state index >= 15 is 0 Å². The molecule has 0 saturated carbocycles. The number of carbonyl (C=O) groups is 1. The standard InChI is InChI=1S/C8H7NO5/c10-4-6-3-5(8(11)12)1-2-7(6)9(13)14/h1-3,10H,4H2,(H,11,12). The number of carboxylic acids is 1. The first-order valence-electron chi connectivity index (χ1n) is 3.67. The molecule has 0 fully saturated rings. The molecule has 1 aromatic rings. The van der Waals surface area contributed by atoms with Gasteiger partial charge in [0, 0.05) is 6.07 Å². The van der Waals surface area contributed by atoms with Crippen molar-refractivity contribution in [3.05, 3.63) is 39.4 Å². The van der Waals surface area contributed by atoms with E-state index in [1.165, 1.54) is 0 Å². The third-order valence-corrected chi connectivity index (χ3v) is 1.69. The van der Waals surface area contributed by atoms with Crippen LogP contribution in [-0.2, 0) is 6.61 Å². The van der Waals surface area contributed by atoms with E-state index in [0.29, 0.717) is 0 Å². The van der Waals surface area contributed by atoms with Gasteiger partial charge in [0.05, 0.1) is 22.7 Å². The van der Waals surface area contributed by atoms with Crippen molar-refractivity contribution in [1.82, 2.24) is 0 Å². The Bertz CT molecular complexity index is 387. The first-order valence-corrected chi connectivity index (χ1v) is 3.67. The minimum absolute atomic E-state index is 0.00472. The summed E-state index contributed by atoms with van der Waals surface area (Å²) >= 11 is 0. The predicted octanol–water partition coefficient (Wildman–Crippen LogP) is 0.785. The van der Waals surface area contributed by atoms with Crippen LogP contribution in [-0.4, -0.2) is 21.1 Å². The highest BCUT2D eigenvalue weighted by Gasteiger charge is 2.15. The van der Waals surface area contributed by atoms with Crippen molar-refractivity contribution in [2.24, 2.45) is 0 Å². The monoisotopic (exact) mass is 197 g/mol. The number of benzene rings is 1. The lowest BCUT2D eigenvalue weighted by Crippen LogP contribution is -2.01. The van der Waals surface area contributed by atoms with Gasteiger partial charge in [0.15, 0.2) is 0 Å². The predicted molar refractivity (Wildman–Crippen MR) is 46.0 cm³/mol. The minimum Gasteiger partial charge on any atom is -0.478 e. The van der Waals surface area contributed by atoms with Gasteiger partial charge >= 0.3 is 5.97 Å². The molecular formula is C8H7NO5. The molecule has 0 saturated heterocycles. The molecule has 6 heteroatoms. The highest BCUT2D eigenvalue weighted by Crippen LogP contribution is 2.19. The second kappa shape index (κ2) is 3.84. The number of aliphatic hydroxyl groups is 1. The van der Waals surface area contributed by atoms with Crippen LogP contribution in [0.4, 0.5) is 5.69 Å². The summed E-state index contributed by atoms with van der Waals surface area (Å²) in [7, 11) is 0. The third-order valence-electron chi connectivity index (χ3n) is 1.69. The molecular weight excluding hydrogens is 190 g/mol. The van der Waals surface area contributed by atoms with Gasteiger partial charge in [-0.2, -0.15) is 0 Å². The summed E-state index contributed by atoms with van der Waals surface area (Å²) in [6, 6.07) is 3.27. The number of hydrogen-bond acceptors (Lipinski definition) is 4. The van der Waals surface area contributed by atoms with Gasteiger partial charge in [-0.25, -0.2) is 4.79 Å². The van der Waals surface area contributed by atoms with Gasteiger partial charge in [0.25, 0.3) is 5.69 Å². The maximum atomic E-state index is 10.5. The SMILES string of the molecule is O=C(O)c1ccc([N+](=O)[O-])c(CO)c1. The van der Waals surface area contributed by atoms with Gasteiger partial charge in [-0.15, -0.1) is 0 Å². The van der Waals surface area contributed by atoms with Gasteiger partial charge in [0.1, 0.15) is 0 Å². The van der Waals surface area contributed by atoms with E-state index in [2.05, 4.69) is 0 Å². The smallest absolute Gasteiger partial charge is 0.335 e. The van der Waals surface area contributed by atoms with Crippen LogP contribution in [0.3, 0.4) is 0 Å². The molecule has 0 aliphatic carbocycles. The topological polar surface area (TPSA) is 101 Å². The second-order valence-corrected chi connectivity index (χ2v) is 2.56. The summed E-state index contributed by atoms with van der Waals surface area (Å²) in [5, 5.41) is 27.8. The fourth-order valence-corrected chi connectivity index (χ4v) is 1.02. The third kappa shape index (κ3) is 1.86. The average Bonchev–Trinajstić information content (AvgIpc) is 2.16. The van der Waals surface area contributed by atoms with Crippen molar-refractivity contribution in [2.45, 2.75) is 6.61 Å². The maximum absolute atomic E-state index is 10.5. The van der Waals surface area contributed by atoms with Crippen LogP contribution in [0.15, 0.2) is 18.2 Å². The summed E-state index contributed by atoms with van der Waals surface area (Å²) in [5.74, 6) is -1.19. The fourth-order valence-electron chi connectivity index (χ4n) is 1.02. The zero-order valence-corrected chi connectivity index (χ0v) is 7.01. The van der Waals surface area contributed by atoms with E-state index in [9.17, 15) is 14.9 Å². The lowest BCUT2D eigenvalue weighted by molar-refractivity contribution is -0.385. The lowest BCUT2D eigenvalue weighted by Gasteiger charge is -2.00. The maximum Gasteiger partial charge on any atom is 0.335 e. The Hall–Kier alpha value is -1.95. The van der Waals surface area contributed by atoms with Crippen molar-refractivity contribution in [2.75, 3.05) is 0 Å². The molecule has 0 radical (unpaired) electrons. The molecule has 6 nitrogen and oxygen atoms in total. The Labute approximate surface area is 78.6 Å². The Morgan fingerprint density at radius 2 is 2.14 bits per heavy atom. The van der Waals surface area contributed by atoms with Crippen molar-refractivity contribution in [3.63, 3.8) is 0 Å². The molecule has 2 N–H and O–H groups in total. The molecule has 0 atom stereocenters. The fraction of sp³-hybridized carbons (Fsp3) is 0.125. The number of carboxylic acid groups (broad SMARTS) is 1. The molecule has 0 aromatic heterocycles. The van der Waals surface area contributed by atoms with Gasteiger partial charge < -0.3 is 10.2 Å². The molecule has 1 aromatic carbocycles. The summed E-state index contributed by atoms with van der Waals surface area (Å²) in [6.45, 7) is -0.558. The largest absolute Gasteiger partial charge is 0.478 e. The highest BCUT2D eigenvalue weighted by atomic mass is 16.6. The van der Waals surface area contributed by atoms with Crippen molar-refractivity contribution >= 4 is 11.7 Å². The van der Waals surface area contributed by atoms with Gasteiger partial charge in [-0.1, -0.05) is 0 Å². The van der Waals surface area contributed by atoms with Gasteiger partial charge in [-0.05, 0) is 12.1 Å². The van der Waals surface area contributed by atoms with Gasteiger partial charge in [-0.3, -0.25) is 10.1 Å². The van der Waals surface area contributed by atoms with E-state index in [1.807, 2.05) is 0 Å². The lowest BCUT2D eigenvalue weighted by atomic mass is 10.1. The van der Waals surface area contributed by atoms with Crippen molar-refractivity contribution in [3.8, 4) is 0 Å². The second-order valence-electron chi connectivity index (χ2n) is 2.56. The summed E-state index contributed by atoms with van der Waals surface area (Å²) in [5.41, 5.74) is -0.368. The van der Waals surface area contributed by atoms with E-state index < -0.39 is 17.5 Å². The number of rotatable bonds is 3. The zero-order chi connectivity index (χ0) is 10.7. The number of aliphatic hydroxyl groups excluding tert-OH is 1. The molecule has 0 heterocycles. The van der Waals surface area contributed by atoms with Gasteiger partial charge in [0.2, 0.25) is 0 Å². The minimum atomic E-state index is -1.19. The first-order chi connectivity index (χ1) is 6.56. The van der Waals surface area contributed by atoms with E-state index in [-0.39, 0.29) is 16.8 Å². The zero-order valence-electron chi connectivity index (χ0n) is 7.01. The number of aromatic carboxylic acids is 1. The molecule has 14 heavy (non-hydrogen) atoms. The van der Waals surface area contributed by atoms with Crippen molar-refractivity contribution < 1.29 is 19.9 Å². The van der Waals surface area contributed by atoms with Crippen LogP contribution in [0.25, 0.3) is 0 Å². The number of hydrogen-bond donors (Lipinski definition) is 2. The Morgan fingerprint density at radius 1 is 1.50 bits per heavy atom. The molecule has 0 amide bonds. The Morgan fingerprint density at radius 3 is 2.57 bits per heavy atom. The molecule has 0 aliphatic heterocycles. The quantitative estimate of drug-likeness (QED) is 0.550. The Kier molecular flexibility index (Phi) is 2.78. The van der Waals surface area contributed by atoms with Crippen LogP contribution in [0.5, 0.6) is 0 Å². The highest BCUT2D eigenvalue weighted by molar-refractivity contribution is 5.88. The summed E-state index contributed by atoms with van der Waals surface area (Å²) in [4.78, 5) is 20.2. The Balaban J connectivity index is 3.25. The van der Waals surface area contributed by atoms with Crippen molar-refractivity contribution in [1.29, 1.82) is 0 Å². The molecule has 0 spiro atoms. The molecule has 0 unspecified atom stereocenters.